The smallest absolute Gasteiger partial charge is 0.387 e. The van der Waals surface area contributed by atoms with Crippen LogP contribution >= 0.6 is 11.3 Å². The molecule has 2 heterocycles. The highest BCUT2D eigenvalue weighted by Crippen LogP contribution is 2.34. The van der Waals surface area contributed by atoms with Gasteiger partial charge >= 0.3 is 6.61 Å². The van der Waals surface area contributed by atoms with Crippen molar-refractivity contribution >= 4 is 33.3 Å². The number of alkyl halides is 2. The van der Waals surface area contributed by atoms with Crippen molar-refractivity contribution in [2.24, 2.45) is 0 Å². The second-order valence-corrected chi connectivity index (χ2v) is 6.93. The molecule has 2 N–H and O–H groups in total. The lowest BCUT2D eigenvalue weighted by Gasteiger charge is -2.06. The van der Waals surface area contributed by atoms with Gasteiger partial charge in [-0.25, -0.2) is 4.98 Å². The third kappa shape index (κ3) is 3.59. The van der Waals surface area contributed by atoms with E-state index in [0.29, 0.717) is 5.13 Å². The van der Waals surface area contributed by atoms with Gasteiger partial charge in [-0.15, -0.1) is 11.3 Å². The largest absolute Gasteiger partial charge is 0.435 e. The molecule has 0 aliphatic heterocycles. The van der Waals surface area contributed by atoms with Crippen LogP contribution in [0.5, 0.6) is 5.75 Å². The van der Waals surface area contributed by atoms with E-state index in [9.17, 15) is 13.6 Å². The van der Waals surface area contributed by atoms with Crippen molar-refractivity contribution in [3.63, 3.8) is 0 Å². The number of H-pyrrole nitrogens is 1. The first-order chi connectivity index (χ1) is 13.5. The maximum absolute atomic E-state index is 12.4. The van der Waals surface area contributed by atoms with Gasteiger partial charge in [0.2, 0.25) is 0 Å². The van der Waals surface area contributed by atoms with Crippen LogP contribution in [-0.4, -0.2) is 22.5 Å². The number of halogens is 2. The molecule has 2 aromatic carbocycles. The number of hydrogen-bond donors (Lipinski definition) is 2. The molecule has 4 rings (SSSR count). The Morgan fingerprint density at radius 2 is 2.04 bits per heavy atom. The molecule has 0 spiro atoms. The lowest BCUT2D eigenvalue weighted by atomic mass is 10.1. The number of thiazole rings is 1. The molecule has 0 bridgehead atoms. The normalized spacial score (nSPS) is 11.1. The van der Waals surface area contributed by atoms with Gasteiger partial charge in [0, 0.05) is 33.1 Å². The second-order valence-electron chi connectivity index (χ2n) is 6.07. The minimum Gasteiger partial charge on any atom is -0.435 e. The van der Waals surface area contributed by atoms with E-state index in [-0.39, 0.29) is 11.3 Å². The highest BCUT2D eigenvalue weighted by atomic mass is 32.1. The standard InChI is InChI=1S/C20H15F2N3O2S/c1-11-17(14-7-2-3-8-15(14)23-11)16-10-28-20(24-16)25-18(26)12-5-4-6-13(9-12)27-19(21)22/h2-10,19,23H,1H3,(H,24,25,26). The monoisotopic (exact) mass is 399 g/mol. The zero-order valence-electron chi connectivity index (χ0n) is 14.7. The summed E-state index contributed by atoms with van der Waals surface area (Å²) in [4.78, 5) is 20.3. The van der Waals surface area contributed by atoms with Crippen molar-refractivity contribution in [1.82, 2.24) is 9.97 Å². The number of benzene rings is 2. The van der Waals surface area contributed by atoms with E-state index >= 15 is 0 Å². The van der Waals surface area contributed by atoms with Gasteiger partial charge in [-0.3, -0.25) is 10.1 Å². The van der Waals surface area contributed by atoms with E-state index in [1.807, 2.05) is 36.6 Å². The number of nitrogens with one attached hydrogen (secondary N) is 2. The number of para-hydroxylation sites is 1. The van der Waals surface area contributed by atoms with E-state index < -0.39 is 12.5 Å². The molecule has 0 aliphatic carbocycles. The van der Waals surface area contributed by atoms with Crippen LogP contribution in [0, 0.1) is 6.92 Å². The molecule has 1 amide bonds. The fraction of sp³-hybridized carbons (Fsp3) is 0.100. The van der Waals surface area contributed by atoms with E-state index in [0.717, 1.165) is 27.9 Å². The summed E-state index contributed by atoms with van der Waals surface area (Å²) >= 11 is 1.29. The number of hydrogen-bond acceptors (Lipinski definition) is 4. The third-order valence-corrected chi connectivity index (χ3v) is 4.95. The SMILES string of the molecule is Cc1[nH]c2ccccc2c1-c1csc(NC(=O)c2cccc(OC(F)F)c2)n1. The Morgan fingerprint density at radius 3 is 2.86 bits per heavy atom. The van der Waals surface area contributed by atoms with Crippen molar-refractivity contribution in [2.75, 3.05) is 5.32 Å². The summed E-state index contributed by atoms with van der Waals surface area (Å²) in [6.45, 7) is -0.971. The van der Waals surface area contributed by atoms with Gasteiger partial charge in [0.25, 0.3) is 5.91 Å². The number of carbonyl (C=O) groups excluding carboxylic acids is 1. The van der Waals surface area contributed by atoms with Gasteiger partial charge in [0.05, 0.1) is 5.69 Å². The van der Waals surface area contributed by atoms with Crippen molar-refractivity contribution in [3.05, 3.63) is 65.2 Å². The Labute approximate surface area is 163 Å². The minimum absolute atomic E-state index is 0.0723. The summed E-state index contributed by atoms with van der Waals surface area (Å²) in [7, 11) is 0. The van der Waals surface area contributed by atoms with Crippen molar-refractivity contribution in [3.8, 4) is 17.0 Å². The Kier molecular flexibility index (Phi) is 4.79. The van der Waals surface area contributed by atoms with Gasteiger partial charge in [0.1, 0.15) is 5.75 Å². The Hall–Kier alpha value is -3.26. The summed E-state index contributed by atoms with van der Waals surface area (Å²) in [6.07, 6.45) is 0. The number of nitrogens with zero attached hydrogens (tertiary/aromatic N) is 1. The molecule has 0 unspecified atom stereocenters. The predicted octanol–water partition coefficient (Wildman–Crippen LogP) is 5.45. The Balaban J connectivity index is 1.57. The highest BCUT2D eigenvalue weighted by Gasteiger charge is 2.15. The fourth-order valence-electron chi connectivity index (χ4n) is 3.04. The van der Waals surface area contributed by atoms with Crippen molar-refractivity contribution in [2.45, 2.75) is 13.5 Å². The predicted molar refractivity (Wildman–Crippen MR) is 105 cm³/mol. The number of amides is 1. The molecule has 142 valence electrons. The summed E-state index contributed by atoms with van der Waals surface area (Å²) in [5, 5.41) is 6.05. The van der Waals surface area contributed by atoms with Crippen LogP contribution in [0.3, 0.4) is 0 Å². The Morgan fingerprint density at radius 1 is 1.21 bits per heavy atom. The number of aromatic nitrogens is 2. The lowest BCUT2D eigenvalue weighted by Crippen LogP contribution is -2.12. The van der Waals surface area contributed by atoms with Crippen LogP contribution in [0.15, 0.2) is 53.9 Å². The number of ether oxygens (including phenoxy) is 1. The molecular weight excluding hydrogens is 384 g/mol. The summed E-state index contributed by atoms with van der Waals surface area (Å²) in [6, 6.07) is 13.6. The number of fused-ring (bicyclic) bond motifs is 1. The number of anilines is 1. The minimum atomic E-state index is -2.95. The summed E-state index contributed by atoms with van der Waals surface area (Å²) in [5.74, 6) is -0.520. The van der Waals surface area contributed by atoms with Crippen LogP contribution < -0.4 is 10.1 Å². The molecule has 4 aromatic rings. The number of rotatable bonds is 5. The zero-order valence-corrected chi connectivity index (χ0v) is 15.5. The number of aryl methyl sites for hydroxylation is 1. The Bertz CT molecular complexity index is 1150. The van der Waals surface area contributed by atoms with E-state index in [4.69, 9.17) is 0 Å². The number of carbonyl (C=O) groups is 1. The van der Waals surface area contributed by atoms with Crippen molar-refractivity contribution < 1.29 is 18.3 Å². The molecule has 2 aromatic heterocycles. The second kappa shape index (κ2) is 7.40. The first-order valence-electron chi connectivity index (χ1n) is 8.40. The zero-order chi connectivity index (χ0) is 19.7. The van der Waals surface area contributed by atoms with E-state index in [1.54, 1.807) is 0 Å². The third-order valence-electron chi connectivity index (χ3n) is 4.20. The average Bonchev–Trinajstić information content (AvgIpc) is 3.24. The molecule has 0 radical (unpaired) electrons. The molecule has 5 nitrogen and oxygen atoms in total. The quantitative estimate of drug-likeness (QED) is 0.469. The summed E-state index contributed by atoms with van der Waals surface area (Å²) < 4.78 is 29.0. The maximum Gasteiger partial charge on any atom is 0.387 e. The lowest BCUT2D eigenvalue weighted by molar-refractivity contribution is -0.0498. The van der Waals surface area contributed by atoms with Gasteiger partial charge in [-0.2, -0.15) is 8.78 Å². The molecule has 0 saturated heterocycles. The van der Waals surface area contributed by atoms with Crippen molar-refractivity contribution in [1.29, 1.82) is 0 Å². The van der Waals surface area contributed by atoms with Gasteiger partial charge in [-0.05, 0) is 31.2 Å². The topological polar surface area (TPSA) is 67.0 Å². The van der Waals surface area contributed by atoms with Crippen LogP contribution in [0.25, 0.3) is 22.2 Å². The molecular formula is C20H15F2N3O2S. The van der Waals surface area contributed by atoms with E-state index in [1.165, 1.54) is 35.6 Å². The summed E-state index contributed by atoms with van der Waals surface area (Å²) in [5.41, 5.74) is 3.95. The van der Waals surface area contributed by atoms with Crippen LogP contribution in [0.1, 0.15) is 16.1 Å². The van der Waals surface area contributed by atoms with Crippen LogP contribution in [-0.2, 0) is 0 Å². The first-order valence-corrected chi connectivity index (χ1v) is 9.28. The molecule has 8 heteroatoms. The first kappa shape index (κ1) is 18.1. The molecule has 0 saturated carbocycles. The number of aromatic amines is 1. The van der Waals surface area contributed by atoms with E-state index in [2.05, 4.69) is 20.0 Å². The van der Waals surface area contributed by atoms with Gasteiger partial charge < -0.3 is 9.72 Å². The molecule has 0 fully saturated rings. The molecule has 28 heavy (non-hydrogen) atoms. The van der Waals surface area contributed by atoms with Gasteiger partial charge in [-0.1, -0.05) is 24.3 Å². The average molecular weight is 399 g/mol. The van der Waals surface area contributed by atoms with Gasteiger partial charge in [0.15, 0.2) is 5.13 Å². The maximum atomic E-state index is 12.4. The fourth-order valence-corrected chi connectivity index (χ4v) is 3.73. The van der Waals surface area contributed by atoms with Crippen LogP contribution in [0.2, 0.25) is 0 Å². The van der Waals surface area contributed by atoms with Crippen LogP contribution in [0.4, 0.5) is 13.9 Å². The highest BCUT2D eigenvalue weighted by molar-refractivity contribution is 7.14. The molecule has 0 aliphatic rings. The molecule has 0 atom stereocenters.